The summed E-state index contributed by atoms with van der Waals surface area (Å²) in [5.41, 5.74) is 0.916. The summed E-state index contributed by atoms with van der Waals surface area (Å²) in [7, 11) is 0. The second-order valence-electron chi connectivity index (χ2n) is 5.80. The zero-order valence-electron chi connectivity index (χ0n) is 14.0. The van der Waals surface area contributed by atoms with E-state index in [1.807, 2.05) is 42.5 Å². The van der Waals surface area contributed by atoms with Crippen LogP contribution in [0.1, 0.15) is 10.4 Å². The lowest BCUT2D eigenvalue weighted by Gasteiger charge is -2.11. The largest absolute Gasteiger partial charge is 0.319 e. The van der Waals surface area contributed by atoms with E-state index in [1.54, 1.807) is 21.6 Å². The van der Waals surface area contributed by atoms with Gasteiger partial charge in [0.1, 0.15) is 17.2 Å². The fourth-order valence-corrected chi connectivity index (χ4v) is 2.76. The molecule has 4 aromatic rings. The van der Waals surface area contributed by atoms with Gasteiger partial charge in [-0.2, -0.15) is 5.10 Å². The van der Waals surface area contributed by atoms with E-state index in [0.29, 0.717) is 5.82 Å². The molecule has 5 nitrogen and oxygen atoms in total. The van der Waals surface area contributed by atoms with Crippen molar-refractivity contribution in [3.63, 3.8) is 0 Å². The van der Waals surface area contributed by atoms with Gasteiger partial charge >= 0.3 is 0 Å². The number of benzene rings is 2. The van der Waals surface area contributed by atoms with Crippen molar-refractivity contribution in [1.82, 2.24) is 14.3 Å². The van der Waals surface area contributed by atoms with Crippen LogP contribution in [0.4, 0.5) is 14.5 Å². The number of aromatic nitrogens is 3. The first-order chi connectivity index (χ1) is 13.1. The summed E-state index contributed by atoms with van der Waals surface area (Å²) < 4.78 is 30.3. The molecule has 1 N–H and O–H groups in total. The lowest BCUT2D eigenvalue weighted by molar-refractivity contribution is 0.102. The molecule has 1 amide bonds. The van der Waals surface area contributed by atoms with Crippen LogP contribution in [0, 0.1) is 11.6 Å². The van der Waals surface area contributed by atoms with Gasteiger partial charge < -0.3 is 9.88 Å². The van der Waals surface area contributed by atoms with E-state index < -0.39 is 17.5 Å². The van der Waals surface area contributed by atoms with Crippen LogP contribution >= 0.6 is 0 Å². The summed E-state index contributed by atoms with van der Waals surface area (Å²) in [6.45, 7) is 0. The number of para-hydroxylation sites is 1. The number of nitrogens with one attached hydrogen (secondary N) is 1. The average molecular weight is 364 g/mol. The van der Waals surface area contributed by atoms with Crippen LogP contribution in [0.15, 0.2) is 79.3 Å². The van der Waals surface area contributed by atoms with Gasteiger partial charge in [-0.15, -0.1) is 0 Å². The molecule has 0 bridgehead atoms. The molecule has 7 heteroatoms. The maximum absolute atomic E-state index is 13.9. The molecule has 0 fully saturated rings. The van der Waals surface area contributed by atoms with Crippen molar-refractivity contribution in [2.24, 2.45) is 0 Å². The van der Waals surface area contributed by atoms with Gasteiger partial charge in [-0.05, 0) is 36.4 Å². The molecule has 134 valence electrons. The molecule has 27 heavy (non-hydrogen) atoms. The van der Waals surface area contributed by atoms with E-state index in [1.165, 1.54) is 12.3 Å². The first-order valence-electron chi connectivity index (χ1n) is 8.16. The molecule has 0 aliphatic rings. The van der Waals surface area contributed by atoms with E-state index in [2.05, 4.69) is 10.4 Å². The normalized spacial score (nSPS) is 10.7. The summed E-state index contributed by atoms with van der Waals surface area (Å²) in [5.74, 6) is -1.60. The van der Waals surface area contributed by atoms with Gasteiger partial charge in [-0.3, -0.25) is 4.79 Å². The van der Waals surface area contributed by atoms with Crippen LogP contribution in [0.2, 0.25) is 0 Å². The molecule has 0 radical (unpaired) electrons. The Balaban J connectivity index is 1.76. The lowest BCUT2D eigenvalue weighted by atomic mass is 10.2. The summed E-state index contributed by atoms with van der Waals surface area (Å²) in [6.07, 6.45) is 4.98. The number of rotatable bonds is 4. The van der Waals surface area contributed by atoms with Crippen molar-refractivity contribution >= 4 is 11.6 Å². The molecular formula is C20H14F2N4O. The highest BCUT2D eigenvalue weighted by Gasteiger charge is 2.21. The Morgan fingerprint density at radius 3 is 2.41 bits per heavy atom. The van der Waals surface area contributed by atoms with Crippen molar-refractivity contribution in [2.75, 3.05) is 5.32 Å². The number of amides is 1. The second kappa shape index (κ2) is 6.87. The van der Waals surface area contributed by atoms with Gasteiger partial charge in [0.15, 0.2) is 5.82 Å². The number of anilines is 1. The monoisotopic (exact) mass is 364 g/mol. The minimum Gasteiger partial charge on any atom is -0.319 e. The molecule has 2 aromatic heterocycles. The number of hydrogen-bond acceptors (Lipinski definition) is 2. The molecule has 0 aliphatic carbocycles. The van der Waals surface area contributed by atoms with Crippen molar-refractivity contribution in [2.45, 2.75) is 0 Å². The molecule has 2 aromatic carbocycles. The zero-order chi connectivity index (χ0) is 18.8. The molecule has 0 atom stereocenters. The highest BCUT2D eigenvalue weighted by Crippen LogP contribution is 2.22. The first-order valence-corrected chi connectivity index (χ1v) is 8.16. The molecule has 0 saturated heterocycles. The Morgan fingerprint density at radius 1 is 0.963 bits per heavy atom. The van der Waals surface area contributed by atoms with Gasteiger partial charge in [-0.1, -0.05) is 18.2 Å². The van der Waals surface area contributed by atoms with Crippen molar-refractivity contribution < 1.29 is 13.6 Å². The van der Waals surface area contributed by atoms with Gasteiger partial charge in [0.25, 0.3) is 5.91 Å². The van der Waals surface area contributed by atoms with Crippen LogP contribution in [0.5, 0.6) is 0 Å². The standard InChI is InChI=1S/C20H14F2N4O/c21-14-8-9-18(17(22)12-14)24-19(27)16-13-23-26(15-6-2-1-3-7-15)20(16)25-10-4-5-11-25/h1-13H,(H,24,27). The average Bonchev–Trinajstić information content (AvgIpc) is 3.33. The Labute approximate surface area is 153 Å². The predicted octanol–water partition coefficient (Wildman–Crippen LogP) is 4.19. The van der Waals surface area contributed by atoms with Crippen molar-refractivity contribution in [1.29, 1.82) is 0 Å². The highest BCUT2D eigenvalue weighted by molar-refractivity contribution is 6.06. The summed E-state index contributed by atoms with van der Waals surface area (Å²) in [4.78, 5) is 12.8. The second-order valence-corrected chi connectivity index (χ2v) is 5.80. The summed E-state index contributed by atoms with van der Waals surface area (Å²) in [6, 6.07) is 16.0. The van der Waals surface area contributed by atoms with E-state index in [4.69, 9.17) is 0 Å². The van der Waals surface area contributed by atoms with Crippen LogP contribution in [-0.4, -0.2) is 20.3 Å². The minimum atomic E-state index is -0.846. The van der Waals surface area contributed by atoms with E-state index >= 15 is 0 Å². The van der Waals surface area contributed by atoms with Gasteiger partial charge in [0, 0.05) is 18.5 Å². The van der Waals surface area contributed by atoms with Crippen LogP contribution < -0.4 is 5.32 Å². The highest BCUT2D eigenvalue weighted by atomic mass is 19.1. The predicted molar refractivity (Wildman–Crippen MR) is 97.2 cm³/mol. The topological polar surface area (TPSA) is 51.9 Å². The Kier molecular flexibility index (Phi) is 4.25. The smallest absolute Gasteiger partial charge is 0.261 e. The SMILES string of the molecule is O=C(Nc1ccc(F)cc1F)c1cnn(-c2ccccc2)c1-n1cccc1. The van der Waals surface area contributed by atoms with Crippen LogP contribution in [-0.2, 0) is 0 Å². The molecular weight excluding hydrogens is 350 g/mol. The van der Waals surface area contributed by atoms with E-state index in [9.17, 15) is 13.6 Å². The number of carbonyl (C=O) groups excluding carboxylic acids is 1. The Morgan fingerprint density at radius 2 is 1.70 bits per heavy atom. The van der Waals surface area contributed by atoms with Gasteiger partial charge in [0.2, 0.25) is 0 Å². The molecule has 0 spiro atoms. The van der Waals surface area contributed by atoms with Gasteiger partial charge in [-0.25, -0.2) is 13.5 Å². The minimum absolute atomic E-state index is 0.104. The summed E-state index contributed by atoms with van der Waals surface area (Å²) >= 11 is 0. The maximum Gasteiger partial charge on any atom is 0.261 e. The quantitative estimate of drug-likeness (QED) is 0.590. The number of nitrogens with zero attached hydrogens (tertiary/aromatic N) is 3. The first kappa shape index (κ1) is 16.7. The number of hydrogen-bond donors (Lipinski definition) is 1. The number of halogens is 2. The zero-order valence-corrected chi connectivity index (χ0v) is 14.0. The van der Waals surface area contributed by atoms with Gasteiger partial charge in [0.05, 0.1) is 17.6 Å². The maximum atomic E-state index is 13.9. The molecule has 0 saturated carbocycles. The lowest BCUT2D eigenvalue weighted by Crippen LogP contribution is -2.16. The van der Waals surface area contributed by atoms with Crippen LogP contribution in [0.25, 0.3) is 11.5 Å². The van der Waals surface area contributed by atoms with Crippen molar-refractivity contribution in [3.8, 4) is 11.5 Å². The van der Waals surface area contributed by atoms with Crippen LogP contribution in [0.3, 0.4) is 0 Å². The third kappa shape index (κ3) is 3.22. The summed E-state index contributed by atoms with van der Waals surface area (Å²) in [5, 5.41) is 6.80. The van der Waals surface area contributed by atoms with Crippen molar-refractivity contribution in [3.05, 3.63) is 96.5 Å². The molecule has 0 unspecified atom stereocenters. The molecule has 2 heterocycles. The fraction of sp³-hybridized carbons (Fsp3) is 0. The number of carbonyl (C=O) groups is 1. The van der Waals surface area contributed by atoms with E-state index in [0.717, 1.165) is 17.8 Å². The Bertz CT molecular complexity index is 1090. The third-order valence-corrected chi connectivity index (χ3v) is 4.02. The third-order valence-electron chi connectivity index (χ3n) is 4.02. The fourth-order valence-electron chi connectivity index (χ4n) is 2.76. The Hall–Kier alpha value is -3.74. The van der Waals surface area contributed by atoms with E-state index in [-0.39, 0.29) is 11.3 Å². The molecule has 4 rings (SSSR count). The molecule has 0 aliphatic heterocycles.